The third-order valence-electron chi connectivity index (χ3n) is 6.85. The number of benzene rings is 2. The summed E-state index contributed by atoms with van der Waals surface area (Å²) in [4.78, 5) is 5.24. The molecule has 1 fully saturated rings. The van der Waals surface area contributed by atoms with Crippen LogP contribution in [0.25, 0.3) is 0 Å². The monoisotopic (exact) mass is 526 g/mol. The first-order chi connectivity index (χ1) is 16.2. The Hall–Kier alpha value is -1.86. The van der Waals surface area contributed by atoms with Gasteiger partial charge in [-0.15, -0.1) is 24.8 Å². The van der Waals surface area contributed by atoms with E-state index in [0.717, 1.165) is 68.0 Å². The number of likely N-dealkylation sites (tertiary alicyclic amines) is 1. The largest absolute Gasteiger partial charge is 0.497 e. The molecule has 1 unspecified atom stereocenters. The van der Waals surface area contributed by atoms with Crippen molar-refractivity contribution in [3.8, 4) is 23.0 Å². The van der Waals surface area contributed by atoms with Gasteiger partial charge in [0.2, 0.25) is 0 Å². The van der Waals surface area contributed by atoms with E-state index in [1.165, 1.54) is 43.6 Å². The number of hydrogen-bond acceptors (Lipinski definition) is 6. The van der Waals surface area contributed by atoms with Gasteiger partial charge in [-0.25, -0.2) is 0 Å². The van der Waals surface area contributed by atoms with E-state index in [1.807, 2.05) is 24.3 Å². The van der Waals surface area contributed by atoms with Crippen LogP contribution in [-0.4, -0.2) is 70.5 Å². The lowest BCUT2D eigenvalue weighted by molar-refractivity contribution is 0.121. The van der Waals surface area contributed by atoms with Gasteiger partial charge in [0.1, 0.15) is 11.5 Å². The third-order valence-corrected chi connectivity index (χ3v) is 6.85. The molecular weight excluding hydrogens is 487 g/mol. The highest BCUT2D eigenvalue weighted by atomic mass is 35.5. The minimum Gasteiger partial charge on any atom is -0.497 e. The zero-order valence-corrected chi connectivity index (χ0v) is 22.8. The maximum atomic E-state index is 5.92. The first-order valence-electron chi connectivity index (χ1n) is 12.1. The van der Waals surface area contributed by atoms with Crippen LogP contribution in [0.4, 0.5) is 0 Å². The first-order valence-corrected chi connectivity index (χ1v) is 12.1. The fraction of sp³-hybridized carbons (Fsp3) is 0.556. The van der Waals surface area contributed by atoms with Crippen molar-refractivity contribution in [3.63, 3.8) is 0 Å². The number of methoxy groups -OCH3 is 3. The average Bonchev–Trinajstić information content (AvgIpc) is 2.86. The van der Waals surface area contributed by atoms with Crippen LogP contribution in [0.5, 0.6) is 23.0 Å². The van der Waals surface area contributed by atoms with Crippen LogP contribution >= 0.6 is 24.8 Å². The molecule has 1 atom stereocenters. The Morgan fingerprint density at radius 2 is 1.60 bits per heavy atom. The molecule has 4 rings (SSSR count). The third kappa shape index (κ3) is 8.07. The predicted molar refractivity (Wildman–Crippen MR) is 145 cm³/mol. The van der Waals surface area contributed by atoms with Gasteiger partial charge in [-0.3, -0.25) is 4.90 Å². The van der Waals surface area contributed by atoms with Crippen molar-refractivity contribution >= 4 is 24.8 Å². The molecule has 2 heterocycles. The maximum absolute atomic E-state index is 5.92. The van der Waals surface area contributed by atoms with Gasteiger partial charge in [0, 0.05) is 38.8 Å². The zero-order chi connectivity index (χ0) is 23.0. The Labute approximate surface area is 222 Å². The zero-order valence-electron chi connectivity index (χ0n) is 21.2. The fourth-order valence-corrected chi connectivity index (χ4v) is 5.14. The highest BCUT2D eigenvalue weighted by Crippen LogP contribution is 2.33. The summed E-state index contributed by atoms with van der Waals surface area (Å²) in [6, 6.07) is 12.2. The van der Waals surface area contributed by atoms with Crippen molar-refractivity contribution < 1.29 is 18.9 Å². The van der Waals surface area contributed by atoms with Gasteiger partial charge in [0.15, 0.2) is 11.5 Å². The molecule has 0 radical (unpaired) electrons. The predicted octanol–water partition coefficient (Wildman–Crippen LogP) is 5.10. The van der Waals surface area contributed by atoms with Crippen molar-refractivity contribution in [2.24, 2.45) is 5.92 Å². The van der Waals surface area contributed by atoms with E-state index in [1.54, 1.807) is 21.3 Å². The van der Waals surface area contributed by atoms with Gasteiger partial charge in [-0.2, -0.15) is 0 Å². The summed E-state index contributed by atoms with van der Waals surface area (Å²) < 4.78 is 22.2. The number of halogens is 2. The van der Waals surface area contributed by atoms with Crippen molar-refractivity contribution in [2.75, 3.05) is 60.7 Å². The van der Waals surface area contributed by atoms with E-state index >= 15 is 0 Å². The molecule has 2 aliphatic rings. The maximum Gasteiger partial charge on any atom is 0.161 e. The molecule has 6 nitrogen and oxygen atoms in total. The standard InChI is InChI=1S/C27H38N2O4.2ClH/c1-30-24-8-4-9-25(17-24)33-14-6-12-28-11-5-7-21(18-28)19-29-13-10-22-15-26(31-2)27(32-3)16-23(22)20-29;;/h4,8-9,15-17,21H,5-7,10-14,18-20H2,1-3H3;2*1H. The lowest BCUT2D eigenvalue weighted by Crippen LogP contribution is -2.42. The summed E-state index contributed by atoms with van der Waals surface area (Å²) in [5, 5.41) is 0. The number of nitrogens with zero attached hydrogens (tertiary/aromatic N) is 2. The molecule has 35 heavy (non-hydrogen) atoms. The summed E-state index contributed by atoms with van der Waals surface area (Å²) in [5.74, 6) is 4.12. The van der Waals surface area contributed by atoms with Gasteiger partial charge in [-0.05, 0) is 73.5 Å². The second kappa shape index (κ2) is 14.6. The molecule has 2 aromatic rings. The normalized spacial score (nSPS) is 18.0. The first kappa shape index (κ1) is 29.4. The smallest absolute Gasteiger partial charge is 0.161 e. The Morgan fingerprint density at radius 3 is 2.34 bits per heavy atom. The molecule has 0 bridgehead atoms. The van der Waals surface area contributed by atoms with Crippen LogP contribution in [0.3, 0.4) is 0 Å². The molecular formula is C27H40Cl2N2O4. The molecule has 2 aromatic carbocycles. The lowest BCUT2D eigenvalue weighted by Gasteiger charge is -2.37. The Bertz CT molecular complexity index is 915. The van der Waals surface area contributed by atoms with E-state index in [-0.39, 0.29) is 24.8 Å². The van der Waals surface area contributed by atoms with Gasteiger partial charge in [0.05, 0.1) is 27.9 Å². The number of hydrogen-bond donors (Lipinski definition) is 0. The second-order valence-corrected chi connectivity index (χ2v) is 9.15. The lowest BCUT2D eigenvalue weighted by atomic mass is 9.94. The highest BCUT2D eigenvalue weighted by molar-refractivity contribution is 5.85. The van der Waals surface area contributed by atoms with E-state index in [2.05, 4.69) is 21.9 Å². The summed E-state index contributed by atoms with van der Waals surface area (Å²) in [7, 11) is 5.10. The number of piperidine rings is 1. The van der Waals surface area contributed by atoms with Gasteiger partial charge in [0.25, 0.3) is 0 Å². The topological polar surface area (TPSA) is 43.4 Å². The van der Waals surface area contributed by atoms with Crippen molar-refractivity contribution in [2.45, 2.75) is 32.2 Å². The Morgan fingerprint density at radius 1 is 0.857 bits per heavy atom. The number of fused-ring (bicyclic) bond motifs is 1. The van der Waals surface area contributed by atoms with Crippen LogP contribution in [0.15, 0.2) is 36.4 Å². The number of rotatable bonds is 10. The van der Waals surface area contributed by atoms with Crippen LogP contribution in [0, 0.1) is 5.92 Å². The summed E-state index contributed by atoms with van der Waals surface area (Å²) in [5.41, 5.74) is 2.77. The summed E-state index contributed by atoms with van der Waals surface area (Å²) in [6.45, 7) is 7.52. The van der Waals surface area contributed by atoms with Crippen molar-refractivity contribution in [1.29, 1.82) is 0 Å². The molecule has 0 amide bonds. The van der Waals surface area contributed by atoms with Gasteiger partial charge >= 0.3 is 0 Å². The molecule has 0 aromatic heterocycles. The van der Waals surface area contributed by atoms with E-state index in [0.29, 0.717) is 0 Å². The van der Waals surface area contributed by atoms with E-state index in [4.69, 9.17) is 18.9 Å². The van der Waals surface area contributed by atoms with E-state index in [9.17, 15) is 0 Å². The minimum absolute atomic E-state index is 0. The molecule has 1 saturated heterocycles. The van der Waals surface area contributed by atoms with Crippen LogP contribution in [-0.2, 0) is 13.0 Å². The fourth-order valence-electron chi connectivity index (χ4n) is 5.14. The summed E-state index contributed by atoms with van der Waals surface area (Å²) in [6.07, 6.45) is 4.74. The quantitative estimate of drug-likeness (QED) is 0.401. The van der Waals surface area contributed by atoms with Crippen LogP contribution < -0.4 is 18.9 Å². The average molecular weight is 528 g/mol. The molecule has 196 valence electrons. The summed E-state index contributed by atoms with van der Waals surface area (Å²) >= 11 is 0. The number of ether oxygens (including phenoxy) is 4. The molecule has 0 aliphatic carbocycles. The molecule has 0 spiro atoms. The Balaban J connectivity index is 0.00000216. The molecule has 2 aliphatic heterocycles. The molecule has 0 saturated carbocycles. The Kier molecular flexibility index (Phi) is 12.3. The van der Waals surface area contributed by atoms with Gasteiger partial charge < -0.3 is 23.8 Å². The van der Waals surface area contributed by atoms with Crippen molar-refractivity contribution in [1.82, 2.24) is 9.80 Å². The van der Waals surface area contributed by atoms with E-state index < -0.39 is 0 Å². The molecule has 8 heteroatoms. The van der Waals surface area contributed by atoms with Crippen LogP contribution in [0.2, 0.25) is 0 Å². The molecule has 0 N–H and O–H groups in total. The second-order valence-electron chi connectivity index (χ2n) is 9.15. The minimum atomic E-state index is 0. The SMILES string of the molecule is COc1cccc(OCCCN2CCCC(CN3CCc4cc(OC)c(OC)cc4C3)C2)c1.Cl.Cl. The van der Waals surface area contributed by atoms with Gasteiger partial charge in [-0.1, -0.05) is 6.07 Å². The van der Waals surface area contributed by atoms with Crippen molar-refractivity contribution in [3.05, 3.63) is 47.5 Å². The van der Waals surface area contributed by atoms with Crippen LogP contribution in [0.1, 0.15) is 30.4 Å². The highest BCUT2D eigenvalue weighted by Gasteiger charge is 2.25.